The number of carbonyl (C=O) groups excluding carboxylic acids is 2. The van der Waals surface area contributed by atoms with Crippen LogP contribution in [0, 0.1) is 0 Å². The van der Waals surface area contributed by atoms with Crippen molar-refractivity contribution in [1.29, 1.82) is 0 Å². The van der Waals surface area contributed by atoms with Gasteiger partial charge in [0.15, 0.2) is 5.13 Å². The molecule has 7 heteroatoms. The van der Waals surface area contributed by atoms with E-state index in [4.69, 9.17) is 4.74 Å². The van der Waals surface area contributed by atoms with Crippen LogP contribution in [0.1, 0.15) is 32.4 Å². The number of thioether (sulfide) groups is 1. The van der Waals surface area contributed by atoms with Gasteiger partial charge in [0.1, 0.15) is 0 Å². The number of thiazole rings is 1. The maximum atomic E-state index is 11.7. The lowest BCUT2D eigenvalue weighted by Gasteiger charge is -2.01. The van der Waals surface area contributed by atoms with Gasteiger partial charge in [-0.05, 0) is 19.1 Å². The van der Waals surface area contributed by atoms with E-state index in [2.05, 4.69) is 17.2 Å². The Bertz CT molecular complexity index is 435. The van der Waals surface area contributed by atoms with Crippen LogP contribution in [0.5, 0.6) is 0 Å². The Morgan fingerprint density at radius 2 is 2.25 bits per heavy atom. The Labute approximate surface area is 127 Å². The predicted octanol–water partition coefficient (Wildman–Crippen LogP) is 2.72. The highest BCUT2D eigenvalue weighted by Crippen LogP contribution is 2.16. The van der Waals surface area contributed by atoms with Crippen LogP contribution in [-0.2, 0) is 20.7 Å². The lowest BCUT2D eigenvalue weighted by atomic mass is 10.3. The van der Waals surface area contributed by atoms with E-state index in [9.17, 15) is 9.59 Å². The average Bonchev–Trinajstić information content (AvgIpc) is 2.82. The standard InChI is InChI=1S/C13H20N2O3S2/c1-3-5-6-19-9-11(16)15-13-14-10(8-20-13)7-12(17)18-4-2/h8H,3-7,9H2,1-2H3,(H,14,15,16). The second-order valence-electron chi connectivity index (χ2n) is 4.08. The number of hydrogen-bond donors (Lipinski definition) is 1. The van der Waals surface area contributed by atoms with Crippen LogP contribution in [0.3, 0.4) is 0 Å². The van der Waals surface area contributed by atoms with Gasteiger partial charge in [0.05, 0.1) is 24.5 Å². The fourth-order valence-corrected chi connectivity index (χ4v) is 2.99. The number of carbonyl (C=O) groups is 2. The Kier molecular flexibility index (Phi) is 8.29. The van der Waals surface area contributed by atoms with Crippen LogP contribution >= 0.6 is 23.1 Å². The second kappa shape index (κ2) is 9.77. The van der Waals surface area contributed by atoms with Gasteiger partial charge in [0.25, 0.3) is 0 Å². The fraction of sp³-hybridized carbons (Fsp3) is 0.615. The van der Waals surface area contributed by atoms with Gasteiger partial charge in [0.2, 0.25) is 5.91 Å². The van der Waals surface area contributed by atoms with E-state index in [-0.39, 0.29) is 18.3 Å². The number of esters is 1. The van der Waals surface area contributed by atoms with E-state index < -0.39 is 0 Å². The number of aromatic nitrogens is 1. The molecule has 1 heterocycles. The topological polar surface area (TPSA) is 68.3 Å². The number of ether oxygens (including phenoxy) is 1. The zero-order valence-electron chi connectivity index (χ0n) is 11.8. The number of nitrogens with zero attached hydrogens (tertiary/aromatic N) is 1. The Morgan fingerprint density at radius 1 is 1.45 bits per heavy atom. The van der Waals surface area contributed by atoms with Crippen molar-refractivity contribution in [2.75, 3.05) is 23.4 Å². The van der Waals surface area contributed by atoms with Crippen molar-refractivity contribution in [1.82, 2.24) is 4.98 Å². The number of unbranched alkanes of at least 4 members (excludes halogenated alkanes) is 1. The highest BCUT2D eigenvalue weighted by molar-refractivity contribution is 7.99. The molecule has 0 spiro atoms. The maximum Gasteiger partial charge on any atom is 0.311 e. The van der Waals surface area contributed by atoms with Crippen molar-refractivity contribution in [3.05, 3.63) is 11.1 Å². The lowest BCUT2D eigenvalue weighted by molar-refractivity contribution is -0.142. The van der Waals surface area contributed by atoms with Crippen LogP contribution in [0.4, 0.5) is 5.13 Å². The SMILES string of the molecule is CCCCSCC(=O)Nc1nc(CC(=O)OCC)cs1. The Hall–Kier alpha value is -1.08. The summed E-state index contributed by atoms with van der Waals surface area (Å²) in [6, 6.07) is 0. The summed E-state index contributed by atoms with van der Waals surface area (Å²) in [6.45, 7) is 4.25. The first-order valence-corrected chi connectivity index (χ1v) is 8.66. The molecule has 0 aliphatic rings. The first-order valence-electron chi connectivity index (χ1n) is 6.63. The van der Waals surface area contributed by atoms with E-state index >= 15 is 0 Å². The molecule has 0 aromatic carbocycles. The molecule has 112 valence electrons. The van der Waals surface area contributed by atoms with Gasteiger partial charge in [-0.15, -0.1) is 11.3 Å². The van der Waals surface area contributed by atoms with Crippen LogP contribution in [0.25, 0.3) is 0 Å². The molecule has 1 aromatic rings. The van der Waals surface area contributed by atoms with Crippen LogP contribution in [-0.4, -0.2) is 35.0 Å². The first kappa shape index (κ1) is 17.0. The normalized spacial score (nSPS) is 10.3. The molecule has 0 unspecified atom stereocenters. The predicted molar refractivity (Wildman–Crippen MR) is 83.3 cm³/mol. The molecule has 0 aliphatic heterocycles. The summed E-state index contributed by atoms with van der Waals surface area (Å²) in [4.78, 5) is 27.1. The summed E-state index contributed by atoms with van der Waals surface area (Å²) < 4.78 is 4.85. The Morgan fingerprint density at radius 3 is 2.95 bits per heavy atom. The van der Waals surface area contributed by atoms with Crippen LogP contribution in [0.2, 0.25) is 0 Å². The molecular formula is C13H20N2O3S2. The third-order valence-corrected chi connectivity index (χ3v) is 4.15. The van der Waals surface area contributed by atoms with Crippen molar-refractivity contribution < 1.29 is 14.3 Å². The van der Waals surface area contributed by atoms with Crippen molar-refractivity contribution in [3.8, 4) is 0 Å². The summed E-state index contributed by atoms with van der Waals surface area (Å²) in [5.41, 5.74) is 0.627. The van der Waals surface area contributed by atoms with E-state index in [1.54, 1.807) is 24.1 Å². The van der Waals surface area contributed by atoms with Crippen molar-refractivity contribution in [3.63, 3.8) is 0 Å². The first-order chi connectivity index (χ1) is 9.65. The van der Waals surface area contributed by atoms with E-state index in [0.717, 1.165) is 18.6 Å². The molecule has 20 heavy (non-hydrogen) atoms. The smallest absolute Gasteiger partial charge is 0.311 e. The van der Waals surface area contributed by atoms with Gasteiger partial charge in [-0.2, -0.15) is 11.8 Å². The lowest BCUT2D eigenvalue weighted by Crippen LogP contribution is -2.14. The number of amides is 1. The second-order valence-corrected chi connectivity index (χ2v) is 6.04. The van der Waals surface area contributed by atoms with Gasteiger partial charge < -0.3 is 10.1 Å². The fourth-order valence-electron chi connectivity index (χ4n) is 1.37. The highest BCUT2D eigenvalue weighted by Gasteiger charge is 2.10. The molecule has 0 fully saturated rings. The maximum absolute atomic E-state index is 11.7. The molecule has 0 saturated heterocycles. The van der Waals surface area contributed by atoms with Crippen LogP contribution in [0.15, 0.2) is 5.38 Å². The van der Waals surface area contributed by atoms with Gasteiger partial charge >= 0.3 is 5.97 Å². The number of hydrogen-bond acceptors (Lipinski definition) is 6. The van der Waals surface area contributed by atoms with Crippen molar-refractivity contribution in [2.45, 2.75) is 33.1 Å². The summed E-state index contributed by atoms with van der Waals surface area (Å²) in [5, 5.41) is 5.03. The largest absolute Gasteiger partial charge is 0.466 e. The number of rotatable bonds is 9. The Balaban J connectivity index is 2.32. The minimum absolute atomic E-state index is 0.0527. The third kappa shape index (κ3) is 6.91. The van der Waals surface area contributed by atoms with Gasteiger partial charge in [0, 0.05) is 5.38 Å². The molecule has 0 radical (unpaired) electrons. The average molecular weight is 316 g/mol. The molecule has 1 amide bonds. The van der Waals surface area contributed by atoms with Crippen molar-refractivity contribution in [2.24, 2.45) is 0 Å². The molecule has 0 atom stereocenters. The summed E-state index contributed by atoms with van der Waals surface area (Å²) in [7, 11) is 0. The minimum atomic E-state index is -0.300. The van der Waals surface area contributed by atoms with Gasteiger partial charge in [-0.25, -0.2) is 4.98 Å². The van der Waals surface area contributed by atoms with E-state index in [0.29, 0.717) is 23.2 Å². The van der Waals surface area contributed by atoms with Gasteiger partial charge in [-0.3, -0.25) is 9.59 Å². The molecule has 1 N–H and O–H groups in total. The quantitative estimate of drug-likeness (QED) is 0.560. The molecule has 1 rings (SSSR count). The molecule has 5 nitrogen and oxygen atoms in total. The molecule has 0 saturated carbocycles. The summed E-state index contributed by atoms with van der Waals surface area (Å²) >= 11 is 2.94. The molecular weight excluding hydrogens is 296 g/mol. The zero-order chi connectivity index (χ0) is 14.8. The summed E-state index contributed by atoms with van der Waals surface area (Å²) in [6.07, 6.45) is 2.41. The van der Waals surface area contributed by atoms with Crippen LogP contribution < -0.4 is 5.32 Å². The number of anilines is 1. The minimum Gasteiger partial charge on any atom is -0.466 e. The van der Waals surface area contributed by atoms with Gasteiger partial charge in [-0.1, -0.05) is 13.3 Å². The zero-order valence-corrected chi connectivity index (χ0v) is 13.4. The molecule has 1 aromatic heterocycles. The highest BCUT2D eigenvalue weighted by atomic mass is 32.2. The van der Waals surface area contributed by atoms with E-state index in [1.165, 1.54) is 11.3 Å². The summed E-state index contributed by atoms with van der Waals surface area (Å²) in [5.74, 6) is 1.08. The molecule has 0 bridgehead atoms. The monoisotopic (exact) mass is 316 g/mol. The molecule has 0 aliphatic carbocycles. The number of nitrogens with one attached hydrogen (secondary N) is 1. The van der Waals surface area contributed by atoms with E-state index in [1.807, 2.05) is 0 Å². The third-order valence-electron chi connectivity index (χ3n) is 2.30. The van der Waals surface area contributed by atoms with Crippen molar-refractivity contribution >= 4 is 40.1 Å².